The van der Waals surface area contributed by atoms with E-state index >= 15 is 0 Å². The van der Waals surface area contributed by atoms with Crippen LogP contribution in [0.3, 0.4) is 0 Å². The number of halogens is 3. The molecule has 1 N–H and O–H groups in total. The van der Waals surface area contributed by atoms with Crippen LogP contribution in [0.1, 0.15) is 10.6 Å². The molecule has 5 nitrogen and oxygen atoms in total. The highest BCUT2D eigenvalue weighted by atomic mass is 79.9. The Hall–Kier alpha value is -1.87. The van der Waals surface area contributed by atoms with Crippen molar-refractivity contribution in [1.82, 2.24) is 0 Å². The number of amides is 1. The molecule has 23 heavy (non-hydrogen) atoms. The van der Waals surface area contributed by atoms with Crippen LogP contribution in [0.15, 0.2) is 50.4 Å². The third kappa shape index (κ3) is 5.68. The number of esters is 1. The molecule has 0 spiro atoms. The number of hydrogen-bond acceptors (Lipinski definition) is 5. The van der Waals surface area contributed by atoms with Crippen molar-refractivity contribution < 1.29 is 27.5 Å². The summed E-state index contributed by atoms with van der Waals surface area (Å²) in [5.74, 6) is -3.86. The molecule has 0 aliphatic carbocycles. The minimum atomic E-state index is -2.50. The van der Waals surface area contributed by atoms with E-state index in [1.807, 2.05) is 0 Å². The standard InChI is InChI=1S/C14H10BrF2NO4S/c15-11-6-5-10(22-11)13(20)21-7-12(19)18-8-1-3-9(4-2-8)23-14(16)17/h1-6,14H,7H2,(H,18,19). The molecule has 122 valence electrons. The van der Waals surface area contributed by atoms with Crippen molar-refractivity contribution in [3.63, 3.8) is 0 Å². The summed E-state index contributed by atoms with van der Waals surface area (Å²) >= 11 is 3.45. The number of carbonyl (C=O) groups excluding carboxylic acids is 2. The molecular formula is C14H10BrF2NO4S. The molecule has 0 bridgehead atoms. The third-order valence-electron chi connectivity index (χ3n) is 2.47. The summed E-state index contributed by atoms with van der Waals surface area (Å²) < 4.78 is 34.5. The van der Waals surface area contributed by atoms with Gasteiger partial charge < -0.3 is 14.5 Å². The SMILES string of the molecule is O=C(COC(=O)c1ccc(Br)o1)Nc1ccc(SC(F)F)cc1. The second kappa shape index (κ2) is 8.11. The highest BCUT2D eigenvalue weighted by molar-refractivity contribution is 9.10. The first-order valence-electron chi connectivity index (χ1n) is 6.21. The molecule has 0 aliphatic rings. The van der Waals surface area contributed by atoms with Crippen LogP contribution in [-0.4, -0.2) is 24.2 Å². The number of nitrogens with one attached hydrogen (secondary N) is 1. The monoisotopic (exact) mass is 405 g/mol. The van der Waals surface area contributed by atoms with Crippen LogP contribution < -0.4 is 5.32 Å². The molecule has 1 heterocycles. The fourth-order valence-corrected chi connectivity index (χ4v) is 2.35. The first-order chi connectivity index (χ1) is 10.9. The van der Waals surface area contributed by atoms with E-state index in [-0.39, 0.29) is 5.76 Å². The maximum absolute atomic E-state index is 12.2. The first kappa shape index (κ1) is 17.5. The minimum absolute atomic E-state index is 0.0296. The van der Waals surface area contributed by atoms with Gasteiger partial charge in [-0.2, -0.15) is 8.78 Å². The van der Waals surface area contributed by atoms with E-state index in [4.69, 9.17) is 9.15 Å². The van der Waals surface area contributed by atoms with Crippen molar-refractivity contribution in [2.24, 2.45) is 0 Å². The Morgan fingerprint density at radius 3 is 2.48 bits per heavy atom. The molecule has 1 aromatic carbocycles. The summed E-state index contributed by atoms with van der Waals surface area (Å²) in [6.07, 6.45) is 0. The van der Waals surface area contributed by atoms with E-state index in [9.17, 15) is 18.4 Å². The van der Waals surface area contributed by atoms with Crippen molar-refractivity contribution in [3.8, 4) is 0 Å². The number of ether oxygens (including phenoxy) is 1. The normalized spacial score (nSPS) is 10.6. The lowest BCUT2D eigenvalue weighted by Gasteiger charge is -2.06. The van der Waals surface area contributed by atoms with Gasteiger partial charge in [0.05, 0.1) is 0 Å². The number of benzene rings is 1. The van der Waals surface area contributed by atoms with Gasteiger partial charge in [0.2, 0.25) is 5.76 Å². The summed E-state index contributed by atoms with van der Waals surface area (Å²) in [4.78, 5) is 23.6. The molecule has 2 aromatic rings. The van der Waals surface area contributed by atoms with Crippen molar-refractivity contribution in [2.75, 3.05) is 11.9 Å². The van der Waals surface area contributed by atoms with Gasteiger partial charge in [-0.25, -0.2) is 4.79 Å². The van der Waals surface area contributed by atoms with Gasteiger partial charge in [-0.15, -0.1) is 0 Å². The number of anilines is 1. The summed E-state index contributed by atoms with van der Waals surface area (Å²) in [7, 11) is 0. The van der Waals surface area contributed by atoms with Gasteiger partial charge in [0.15, 0.2) is 11.3 Å². The van der Waals surface area contributed by atoms with Gasteiger partial charge in [-0.1, -0.05) is 11.8 Å². The van der Waals surface area contributed by atoms with Crippen molar-refractivity contribution in [3.05, 3.63) is 46.8 Å². The van der Waals surface area contributed by atoms with Gasteiger partial charge in [0, 0.05) is 10.6 Å². The topological polar surface area (TPSA) is 68.5 Å². The van der Waals surface area contributed by atoms with Gasteiger partial charge in [0.25, 0.3) is 11.7 Å². The van der Waals surface area contributed by atoms with Crippen LogP contribution in [0.2, 0.25) is 0 Å². The second-order valence-corrected chi connectivity index (χ2v) is 5.98. The molecule has 0 fully saturated rings. The van der Waals surface area contributed by atoms with Gasteiger partial charge >= 0.3 is 5.97 Å². The summed E-state index contributed by atoms with van der Waals surface area (Å²) in [5.41, 5.74) is 0.408. The van der Waals surface area contributed by atoms with Crippen LogP contribution in [-0.2, 0) is 9.53 Å². The van der Waals surface area contributed by atoms with E-state index in [1.54, 1.807) is 0 Å². The molecule has 2 rings (SSSR count). The minimum Gasteiger partial charge on any atom is -0.450 e. The molecule has 0 saturated heterocycles. The van der Waals surface area contributed by atoms with Gasteiger partial charge in [-0.05, 0) is 52.3 Å². The summed E-state index contributed by atoms with van der Waals surface area (Å²) in [5, 5.41) is 2.48. The quantitative estimate of drug-likeness (QED) is 0.577. The number of hydrogen-bond donors (Lipinski definition) is 1. The van der Waals surface area contributed by atoms with Gasteiger partial charge in [0.1, 0.15) is 0 Å². The fraction of sp³-hybridized carbons (Fsp3) is 0.143. The van der Waals surface area contributed by atoms with E-state index in [1.165, 1.54) is 36.4 Å². The lowest BCUT2D eigenvalue weighted by Crippen LogP contribution is -2.20. The zero-order chi connectivity index (χ0) is 16.8. The number of alkyl halides is 2. The van der Waals surface area contributed by atoms with E-state index < -0.39 is 24.2 Å². The van der Waals surface area contributed by atoms with E-state index in [0.29, 0.717) is 27.0 Å². The largest absolute Gasteiger partial charge is 0.450 e. The Kier molecular flexibility index (Phi) is 6.17. The van der Waals surface area contributed by atoms with Crippen molar-refractivity contribution in [1.29, 1.82) is 0 Å². The summed E-state index contributed by atoms with van der Waals surface area (Å²) in [6, 6.07) is 8.80. The highest BCUT2D eigenvalue weighted by Crippen LogP contribution is 2.26. The molecule has 0 atom stereocenters. The Labute approximate surface area is 142 Å². The summed E-state index contributed by atoms with van der Waals surface area (Å²) in [6.45, 7) is -0.495. The van der Waals surface area contributed by atoms with Crippen LogP contribution in [0.25, 0.3) is 0 Å². The number of furan rings is 1. The second-order valence-electron chi connectivity index (χ2n) is 4.13. The molecule has 9 heteroatoms. The molecule has 1 aromatic heterocycles. The Morgan fingerprint density at radius 2 is 1.91 bits per heavy atom. The predicted molar refractivity (Wildman–Crippen MR) is 83.6 cm³/mol. The van der Waals surface area contributed by atoms with Crippen LogP contribution >= 0.6 is 27.7 Å². The Morgan fingerprint density at radius 1 is 1.22 bits per heavy atom. The Bertz CT molecular complexity index is 690. The predicted octanol–water partition coefficient (Wildman–Crippen LogP) is 4.15. The average Bonchev–Trinajstić information content (AvgIpc) is 2.93. The molecular weight excluding hydrogens is 396 g/mol. The molecule has 0 saturated carbocycles. The van der Waals surface area contributed by atoms with E-state index in [2.05, 4.69) is 21.2 Å². The smallest absolute Gasteiger partial charge is 0.374 e. The van der Waals surface area contributed by atoms with E-state index in [0.717, 1.165) is 0 Å². The molecule has 0 aliphatic heterocycles. The number of thioether (sulfide) groups is 1. The van der Waals surface area contributed by atoms with Crippen LogP contribution in [0, 0.1) is 0 Å². The lowest BCUT2D eigenvalue weighted by molar-refractivity contribution is -0.119. The number of rotatable bonds is 6. The third-order valence-corrected chi connectivity index (χ3v) is 3.62. The highest BCUT2D eigenvalue weighted by Gasteiger charge is 2.14. The maximum atomic E-state index is 12.2. The van der Waals surface area contributed by atoms with Gasteiger partial charge in [-0.3, -0.25) is 4.79 Å². The maximum Gasteiger partial charge on any atom is 0.374 e. The zero-order valence-corrected chi connectivity index (χ0v) is 13.8. The van der Waals surface area contributed by atoms with Crippen molar-refractivity contribution in [2.45, 2.75) is 10.7 Å². The fourth-order valence-electron chi connectivity index (χ4n) is 1.54. The van der Waals surface area contributed by atoms with Crippen LogP contribution in [0.5, 0.6) is 0 Å². The zero-order valence-electron chi connectivity index (χ0n) is 11.4. The van der Waals surface area contributed by atoms with Crippen molar-refractivity contribution >= 4 is 45.3 Å². The molecule has 1 amide bonds. The van der Waals surface area contributed by atoms with Crippen LogP contribution in [0.4, 0.5) is 14.5 Å². The molecule has 0 unspecified atom stereocenters. The number of carbonyl (C=O) groups is 2. The lowest BCUT2D eigenvalue weighted by atomic mass is 10.3. The Balaban J connectivity index is 1.81. The average molecular weight is 406 g/mol. The molecule has 0 radical (unpaired) electrons. The first-order valence-corrected chi connectivity index (χ1v) is 7.88.